The molecule has 3 nitrogen and oxygen atoms in total. The van der Waals surface area contributed by atoms with Gasteiger partial charge in [0.1, 0.15) is 0 Å². The molecule has 1 unspecified atom stereocenters. The summed E-state index contributed by atoms with van der Waals surface area (Å²) in [6, 6.07) is 31.1. The van der Waals surface area contributed by atoms with E-state index in [1.807, 2.05) is 53.4 Å². The molecule has 1 saturated heterocycles. The first-order valence-corrected chi connectivity index (χ1v) is 11.3. The Morgan fingerprint density at radius 2 is 1.55 bits per heavy atom. The summed E-state index contributed by atoms with van der Waals surface area (Å²) in [5, 5.41) is 0. The number of hydrogen-bond donors (Lipinski definition) is 0. The number of aryl methyl sites for hydroxylation is 1. The minimum atomic E-state index is 0.111. The zero-order valence-electron chi connectivity index (χ0n) is 17.4. The van der Waals surface area contributed by atoms with Crippen molar-refractivity contribution in [1.82, 2.24) is 8.87 Å². The number of amides is 1. The van der Waals surface area contributed by atoms with Gasteiger partial charge in [-0.3, -0.25) is 8.77 Å². The Morgan fingerprint density at radius 1 is 0.871 bits per heavy atom. The van der Waals surface area contributed by atoms with Gasteiger partial charge in [-0.25, -0.2) is 0 Å². The van der Waals surface area contributed by atoms with E-state index >= 15 is 0 Å². The third kappa shape index (κ3) is 4.04. The van der Waals surface area contributed by atoms with Crippen LogP contribution in [0.1, 0.15) is 34.1 Å². The van der Waals surface area contributed by atoms with Gasteiger partial charge in [-0.1, -0.05) is 60.7 Å². The van der Waals surface area contributed by atoms with E-state index in [-0.39, 0.29) is 11.9 Å². The standard InChI is InChI=1S/C27H24N2OS/c1-20-18-24(21-8-4-2-5-9-21)19-29(20)31-25-14-12-23(13-15-25)27(30)28-17-16-26(28)22-10-6-3-7-11-22/h2-15,18-19,26H,16-17H2,1H3. The van der Waals surface area contributed by atoms with Crippen LogP contribution in [-0.4, -0.2) is 21.3 Å². The summed E-state index contributed by atoms with van der Waals surface area (Å²) in [6.45, 7) is 2.94. The highest BCUT2D eigenvalue weighted by Crippen LogP contribution is 2.35. The fraction of sp³-hybridized carbons (Fsp3) is 0.148. The van der Waals surface area contributed by atoms with E-state index in [9.17, 15) is 4.79 Å². The second kappa shape index (κ2) is 8.48. The van der Waals surface area contributed by atoms with Crippen LogP contribution in [0.25, 0.3) is 11.1 Å². The van der Waals surface area contributed by atoms with Crippen molar-refractivity contribution in [3.05, 3.63) is 114 Å². The quantitative estimate of drug-likeness (QED) is 0.360. The zero-order valence-corrected chi connectivity index (χ0v) is 18.3. The highest BCUT2D eigenvalue weighted by Gasteiger charge is 2.33. The molecule has 0 N–H and O–H groups in total. The number of carbonyl (C=O) groups is 1. The van der Waals surface area contributed by atoms with Gasteiger partial charge in [0.05, 0.1) is 6.04 Å². The van der Waals surface area contributed by atoms with Gasteiger partial charge in [-0.15, -0.1) is 0 Å². The smallest absolute Gasteiger partial charge is 0.254 e. The molecule has 154 valence electrons. The predicted molar refractivity (Wildman–Crippen MR) is 127 cm³/mol. The normalized spacial score (nSPS) is 15.5. The summed E-state index contributed by atoms with van der Waals surface area (Å²) in [7, 11) is 0. The Balaban J connectivity index is 1.29. The number of likely N-dealkylation sites (tertiary alicyclic amines) is 1. The molecule has 1 aliphatic heterocycles. The van der Waals surface area contributed by atoms with E-state index in [4.69, 9.17) is 0 Å². The number of rotatable bonds is 5. The molecule has 1 aliphatic rings. The molecule has 0 radical (unpaired) electrons. The maximum atomic E-state index is 13.0. The Morgan fingerprint density at radius 3 is 2.19 bits per heavy atom. The molecule has 0 spiro atoms. The minimum Gasteiger partial charge on any atom is -0.331 e. The molecule has 0 bridgehead atoms. The van der Waals surface area contributed by atoms with Crippen LogP contribution in [-0.2, 0) is 0 Å². The van der Waals surface area contributed by atoms with E-state index in [1.165, 1.54) is 22.4 Å². The topological polar surface area (TPSA) is 25.2 Å². The van der Waals surface area contributed by atoms with E-state index in [0.29, 0.717) is 0 Å². The van der Waals surface area contributed by atoms with Crippen molar-refractivity contribution in [2.24, 2.45) is 0 Å². The van der Waals surface area contributed by atoms with Crippen molar-refractivity contribution in [1.29, 1.82) is 0 Å². The summed E-state index contributed by atoms with van der Waals surface area (Å²) in [5.41, 5.74) is 5.58. The van der Waals surface area contributed by atoms with Crippen LogP contribution in [0.4, 0.5) is 0 Å². The molecule has 3 aromatic carbocycles. The highest BCUT2D eigenvalue weighted by atomic mass is 32.2. The molecule has 5 rings (SSSR count). The number of aromatic nitrogens is 1. The summed E-state index contributed by atoms with van der Waals surface area (Å²) in [4.78, 5) is 16.1. The van der Waals surface area contributed by atoms with E-state index < -0.39 is 0 Å². The molecule has 1 aromatic heterocycles. The van der Waals surface area contributed by atoms with Crippen LogP contribution in [0, 0.1) is 6.92 Å². The van der Waals surface area contributed by atoms with E-state index in [0.717, 1.165) is 23.4 Å². The van der Waals surface area contributed by atoms with Gasteiger partial charge >= 0.3 is 0 Å². The Kier molecular flexibility index (Phi) is 5.39. The van der Waals surface area contributed by atoms with Gasteiger partial charge in [-0.2, -0.15) is 0 Å². The van der Waals surface area contributed by atoms with Gasteiger partial charge in [0.2, 0.25) is 0 Å². The average molecular weight is 425 g/mol. The van der Waals surface area contributed by atoms with Crippen molar-refractivity contribution in [2.75, 3.05) is 6.54 Å². The molecule has 4 heteroatoms. The number of hydrogen-bond acceptors (Lipinski definition) is 2. The molecule has 2 heterocycles. The van der Waals surface area contributed by atoms with Gasteiger partial charge in [-0.05, 0) is 66.8 Å². The molecule has 0 saturated carbocycles. The van der Waals surface area contributed by atoms with E-state index in [1.54, 1.807) is 11.9 Å². The average Bonchev–Trinajstić information content (AvgIpc) is 3.15. The lowest BCUT2D eigenvalue weighted by molar-refractivity contribution is 0.0460. The van der Waals surface area contributed by atoms with Crippen LogP contribution in [0.15, 0.2) is 102 Å². The van der Waals surface area contributed by atoms with E-state index in [2.05, 4.69) is 59.6 Å². The molecule has 31 heavy (non-hydrogen) atoms. The summed E-state index contributed by atoms with van der Waals surface area (Å²) >= 11 is 1.67. The van der Waals surface area contributed by atoms with Crippen LogP contribution in [0.5, 0.6) is 0 Å². The Hall–Kier alpha value is -3.24. The number of carbonyl (C=O) groups excluding carboxylic acids is 1. The molecule has 1 atom stereocenters. The maximum Gasteiger partial charge on any atom is 0.254 e. The lowest BCUT2D eigenvalue weighted by Gasteiger charge is -2.41. The fourth-order valence-corrected chi connectivity index (χ4v) is 4.88. The van der Waals surface area contributed by atoms with Crippen molar-refractivity contribution in [3.63, 3.8) is 0 Å². The second-order valence-electron chi connectivity index (χ2n) is 7.89. The van der Waals surface area contributed by atoms with Crippen molar-refractivity contribution >= 4 is 17.9 Å². The van der Waals surface area contributed by atoms with Gasteiger partial charge in [0.15, 0.2) is 0 Å². The Labute approximate surface area is 187 Å². The van der Waals surface area contributed by atoms with Gasteiger partial charge < -0.3 is 4.90 Å². The molecular weight excluding hydrogens is 400 g/mol. The molecule has 1 fully saturated rings. The summed E-state index contributed by atoms with van der Waals surface area (Å²) in [6.07, 6.45) is 3.19. The third-order valence-corrected chi connectivity index (χ3v) is 6.92. The molecule has 1 amide bonds. The SMILES string of the molecule is Cc1cc(-c2ccccc2)cn1Sc1ccc(C(=O)N2CCC2c2ccccc2)cc1. The lowest BCUT2D eigenvalue weighted by Crippen LogP contribution is -2.45. The van der Waals surface area contributed by atoms with Crippen molar-refractivity contribution < 1.29 is 4.79 Å². The van der Waals surface area contributed by atoms with Gasteiger partial charge in [0, 0.05) is 34.5 Å². The third-order valence-electron chi connectivity index (χ3n) is 5.85. The highest BCUT2D eigenvalue weighted by molar-refractivity contribution is 7.97. The first-order valence-electron chi connectivity index (χ1n) is 10.6. The second-order valence-corrected chi connectivity index (χ2v) is 8.94. The Bertz CT molecular complexity index is 1180. The van der Waals surface area contributed by atoms with Crippen molar-refractivity contribution in [3.8, 4) is 11.1 Å². The lowest BCUT2D eigenvalue weighted by atomic mass is 9.94. The van der Waals surface area contributed by atoms with Crippen LogP contribution in [0.3, 0.4) is 0 Å². The molecule has 0 aliphatic carbocycles. The first kappa shape index (κ1) is 19.7. The molecular formula is C27H24N2OS. The predicted octanol–water partition coefficient (Wildman–Crippen LogP) is 6.61. The number of benzene rings is 3. The van der Waals surface area contributed by atoms with Crippen LogP contribution < -0.4 is 0 Å². The fourth-order valence-electron chi connectivity index (χ4n) is 4.03. The first-order chi connectivity index (χ1) is 15.2. The number of nitrogens with zero attached hydrogens (tertiary/aromatic N) is 2. The van der Waals surface area contributed by atoms with Gasteiger partial charge in [0.25, 0.3) is 5.91 Å². The van der Waals surface area contributed by atoms with Crippen LogP contribution in [0.2, 0.25) is 0 Å². The monoisotopic (exact) mass is 424 g/mol. The zero-order chi connectivity index (χ0) is 21.2. The van der Waals surface area contributed by atoms with Crippen molar-refractivity contribution in [2.45, 2.75) is 24.3 Å². The molecule has 4 aromatic rings. The largest absolute Gasteiger partial charge is 0.331 e. The minimum absolute atomic E-state index is 0.111. The summed E-state index contributed by atoms with van der Waals surface area (Å²) in [5.74, 6) is 0.111. The summed E-state index contributed by atoms with van der Waals surface area (Å²) < 4.78 is 2.18. The maximum absolute atomic E-state index is 13.0. The van der Waals surface area contributed by atoms with Crippen LogP contribution >= 0.6 is 11.9 Å².